The molecule has 0 aliphatic carbocycles. The number of hydrogen-bond donors (Lipinski definition) is 1. The summed E-state index contributed by atoms with van der Waals surface area (Å²) in [4.78, 5) is 8.71. The van der Waals surface area contributed by atoms with Gasteiger partial charge in [0.1, 0.15) is 6.10 Å². The Kier molecular flexibility index (Phi) is 3.20. The molecule has 100 valence electrons. The molecule has 0 spiro atoms. The first-order valence-electron chi connectivity index (χ1n) is 6.61. The molecule has 1 aromatic carbocycles. The van der Waals surface area contributed by atoms with Gasteiger partial charge < -0.3 is 5.11 Å². The van der Waals surface area contributed by atoms with Gasteiger partial charge in [-0.2, -0.15) is 0 Å². The van der Waals surface area contributed by atoms with Crippen LogP contribution in [0.1, 0.15) is 28.5 Å². The van der Waals surface area contributed by atoms with Crippen molar-refractivity contribution in [3.05, 3.63) is 71.2 Å². The minimum atomic E-state index is -0.733. The Balaban J connectivity index is 2.15. The number of nitrogens with zero attached hydrogens (tertiary/aromatic N) is 2. The summed E-state index contributed by atoms with van der Waals surface area (Å²) in [5, 5.41) is 11.6. The highest BCUT2D eigenvalue weighted by atomic mass is 16.3. The fourth-order valence-electron chi connectivity index (χ4n) is 2.53. The van der Waals surface area contributed by atoms with Crippen molar-refractivity contribution in [1.29, 1.82) is 0 Å². The first-order valence-corrected chi connectivity index (χ1v) is 6.61. The van der Waals surface area contributed by atoms with Crippen LogP contribution in [0.5, 0.6) is 0 Å². The zero-order valence-electron chi connectivity index (χ0n) is 11.5. The van der Waals surface area contributed by atoms with Crippen LogP contribution in [-0.4, -0.2) is 15.1 Å². The van der Waals surface area contributed by atoms with E-state index in [0.29, 0.717) is 5.69 Å². The monoisotopic (exact) mass is 264 g/mol. The molecule has 1 atom stereocenters. The van der Waals surface area contributed by atoms with Gasteiger partial charge in [-0.15, -0.1) is 0 Å². The molecule has 2 heterocycles. The summed E-state index contributed by atoms with van der Waals surface area (Å²) in [7, 11) is 0. The molecule has 1 unspecified atom stereocenters. The van der Waals surface area contributed by atoms with Crippen LogP contribution in [0.2, 0.25) is 0 Å². The predicted octanol–water partition coefficient (Wildman–Crippen LogP) is 3.33. The molecule has 0 radical (unpaired) electrons. The molecule has 3 heteroatoms. The Morgan fingerprint density at radius 2 is 1.90 bits per heavy atom. The van der Waals surface area contributed by atoms with Crippen LogP contribution in [0.4, 0.5) is 0 Å². The van der Waals surface area contributed by atoms with Gasteiger partial charge in [0, 0.05) is 17.8 Å². The molecule has 0 saturated heterocycles. The number of aryl methyl sites for hydroxylation is 2. The van der Waals surface area contributed by atoms with E-state index in [1.54, 1.807) is 12.4 Å². The van der Waals surface area contributed by atoms with E-state index in [0.717, 1.165) is 27.6 Å². The lowest BCUT2D eigenvalue weighted by molar-refractivity contribution is 0.216. The standard InChI is InChI=1S/C17H16N2O/c1-11-9-12(2)16(19-10-11)17(20)14-5-3-7-15-13(14)6-4-8-18-15/h3-10,17,20H,1-2H3. The zero-order valence-corrected chi connectivity index (χ0v) is 11.5. The summed E-state index contributed by atoms with van der Waals surface area (Å²) in [6.07, 6.45) is 2.81. The number of aliphatic hydroxyl groups is 1. The van der Waals surface area contributed by atoms with E-state index in [2.05, 4.69) is 9.97 Å². The summed E-state index contributed by atoms with van der Waals surface area (Å²) in [6, 6.07) is 11.7. The molecule has 0 saturated carbocycles. The normalized spacial score (nSPS) is 12.6. The molecule has 2 aromatic heterocycles. The lowest BCUT2D eigenvalue weighted by Gasteiger charge is -2.15. The number of benzene rings is 1. The second-order valence-electron chi connectivity index (χ2n) is 5.03. The lowest BCUT2D eigenvalue weighted by Crippen LogP contribution is -2.06. The maximum absolute atomic E-state index is 10.7. The van der Waals surface area contributed by atoms with Gasteiger partial charge in [0.15, 0.2) is 0 Å². The lowest BCUT2D eigenvalue weighted by atomic mass is 9.98. The highest BCUT2D eigenvalue weighted by Gasteiger charge is 2.17. The van der Waals surface area contributed by atoms with E-state index in [-0.39, 0.29) is 0 Å². The average Bonchev–Trinajstić information content (AvgIpc) is 2.46. The summed E-state index contributed by atoms with van der Waals surface area (Å²) >= 11 is 0. The first kappa shape index (κ1) is 12.8. The second kappa shape index (κ2) is 5.02. The van der Waals surface area contributed by atoms with Crippen molar-refractivity contribution in [2.24, 2.45) is 0 Å². The van der Waals surface area contributed by atoms with E-state index < -0.39 is 6.10 Å². The Bertz CT molecular complexity index is 763. The number of hydrogen-bond acceptors (Lipinski definition) is 3. The number of aliphatic hydroxyl groups excluding tert-OH is 1. The third-order valence-corrected chi connectivity index (χ3v) is 3.49. The molecular weight excluding hydrogens is 248 g/mol. The van der Waals surface area contributed by atoms with Crippen molar-refractivity contribution in [2.75, 3.05) is 0 Å². The third-order valence-electron chi connectivity index (χ3n) is 3.49. The molecule has 0 amide bonds. The largest absolute Gasteiger partial charge is 0.382 e. The predicted molar refractivity (Wildman–Crippen MR) is 79.5 cm³/mol. The summed E-state index contributed by atoms with van der Waals surface area (Å²) < 4.78 is 0. The Labute approximate surface area is 117 Å². The average molecular weight is 264 g/mol. The second-order valence-corrected chi connectivity index (χ2v) is 5.03. The topological polar surface area (TPSA) is 46.0 Å². The van der Waals surface area contributed by atoms with Gasteiger partial charge in [-0.3, -0.25) is 9.97 Å². The van der Waals surface area contributed by atoms with E-state index in [9.17, 15) is 5.11 Å². The molecule has 0 aliphatic heterocycles. The van der Waals surface area contributed by atoms with E-state index in [1.165, 1.54) is 0 Å². The van der Waals surface area contributed by atoms with Crippen LogP contribution in [0.3, 0.4) is 0 Å². The molecule has 3 rings (SSSR count). The van der Waals surface area contributed by atoms with Crippen LogP contribution < -0.4 is 0 Å². The van der Waals surface area contributed by atoms with Crippen molar-refractivity contribution >= 4 is 10.9 Å². The minimum Gasteiger partial charge on any atom is -0.382 e. The van der Waals surface area contributed by atoms with Crippen molar-refractivity contribution in [2.45, 2.75) is 20.0 Å². The molecule has 0 bridgehead atoms. The van der Waals surface area contributed by atoms with Gasteiger partial charge >= 0.3 is 0 Å². The highest BCUT2D eigenvalue weighted by molar-refractivity contribution is 5.82. The van der Waals surface area contributed by atoms with Crippen LogP contribution in [0, 0.1) is 13.8 Å². The van der Waals surface area contributed by atoms with E-state index in [1.807, 2.05) is 50.2 Å². The number of pyridine rings is 2. The molecule has 0 fully saturated rings. The Hall–Kier alpha value is -2.26. The smallest absolute Gasteiger partial charge is 0.122 e. The van der Waals surface area contributed by atoms with Gasteiger partial charge in [0.25, 0.3) is 0 Å². The molecule has 20 heavy (non-hydrogen) atoms. The zero-order chi connectivity index (χ0) is 14.1. The number of fused-ring (bicyclic) bond motifs is 1. The summed E-state index contributed by atoms with van der Waals surface area (Å²) in [6.45, 7) is 3.97. The van der Waals surface area contributed by atoms with Crippen molar-refractivity contribution in [3.8, 4) is 0 Å². The SMILES string of the molecule is Cc1cnc(C(O)c2cccc3ncccc23)c(C)c1. The van der Waals surface area contributed by atoms with Crippen molar-refractivity contribution < 1.29 is 5.11 Å². The van der Waals surface area contributed by atoms with Crippen LogP contribution >= 0.6 is 0 Å². The van der Waals surface area contributed by atoms with Gasteiger partial charge in [0.2, 0.25) is 0 Å². The van der Waals surface area contributed by atoms with Gasteiger partial charge in [0.05, 0.1) is 11.2 Å². The Morgan fingerprint density at radius 3 is 2.70 bits per heavy atom. The quantitative estimate of drug-likeness (QED) is 0.772. The van der Waals surface area contributed by atoms with Gasteiger partial charge in [-0.25, -0.2) is 0 Å². The molecule has 3 aromatic rings. The fourth-order valence-corrected chi connectivity index (χ4v) is 2.53. The first-order chi connectivity index (χ1) is 9.66. The number of aromatic nitrogens is 2. The highest BCUT2D eigenvalue weighted by Crippen LogP contribution is 2.28. The molecule has 3 nitrogen and oxygen atoms in total. The minimum absolute atomic E-state index is 0.701. The maximum Gasteiger partial charge on any atom is 0.122 e. The summed E-state index contributed by atoms with van der Waals surface area (Å²) in [5.41, 5.74) is 4.52. The van der Waals surface area contributed by atoms with Crippen molar-refractivity contribution in [3.63, 3.8) is 0 Å². The third kappa shape index (κ3) is 2.17. The fraction of sp³-hybridized carbons (Fsp3) is 0.176. The van der Waals surface area contributed by atoms with Crippen LogP contribution in [-0.2, 0) is 0 Å². The van der Waals surface area contributed by atoms with Crippen molar-refractivity contribution in [1.82, 2.24) is 9.97 Å². The molecular formula is C17H16N2O. The maximum atomic E-state index is 10.7. The van der Waals surface area contributed by atoms with Crippen LogP contribution in [0.25, 0.3) is 10.9 Å². The molecule has 0 aliphatic rings. The van der Waals surface area contributed by atoms with E-state index >= 15 is 0 Å². The molecule has 1 N–H and O–H groups in total. The number of rotatable bonds is 2. The van der Waals surface area contributed by atoms with E-state index in [4.69, 9.17) is 0 Å². The Morgan fingerprint density at radius 1 is 1.05 bits per heavy atom. The summed E-state index contributed by atoms with van der Waals surface area (Å²) in [5.74, 6) is 0. The van der Waals surface area contributed by atoms with Gasteiger partial charge in [-0.1, -0.05) is 24.3 Å². The van der Waals surface area contributed by atoms with Gasteiger partial charge in [-0.05, 0) is 42.7 Å². The van der Waals surface area contributed by atoms with Crippen LogP contribution in [0.15, 0.2) is 48.8 Å².